The van der Waals surface area contributed by atoms with E-state index < -0.39 is 0 Å². The Morgan fingerprint density at radius 3 is 2.48 bits per heavy atom. The first-order valence-corrected chi connectivity index (χ1v) is 7.69. The SMILES string of the molecule is C/C=C(/C=C\OC)c1ncc(Cl)nc1C.CCCC(C)C. The van der Waals surface area contributed by atoms with E-state index in [1.165, 1.54) is 19.0 Å². The van der Waals surface area contributed by atoms with E-state index in [0.717, 1.165) is 22.9 Å². The molecule has 0 amide bonds. The monoisotopic (exact) mass is 310 g/mol. The van der Waals surface area contributed by atoms with Crippen molar-refractivity contribution in [2.45, 2.75) is 47.5 Å². The van der Waals surface area contributed by atoms with Gasteiger partial charge in [0.25, 0.3) is 0 Å². The van der Waals surface area contributed by atoms with Crippen molar-refractivity contribution in [1.29, 1.82) is 0 Å². The van der Waals surface area contributed by atoms with Gasteiger partial charge in [-0.05, 0) is 25.8 Å². The summed E-state index contributed by atoms with van der Waals surface area (Å²) in [4.78, 5) is 8.37. The Hall–Kier alpha value is -1.35. The van der Waals surface area contributed by atoms with Gasteiger partial charge in [0.05, 0.1) is 31.0 Å². The zero-order valence-electron chi connectivity index (χ0n) is 14.0. The number of halogens is 1. The quantitative estimate of drug-likeness (QED) is 0.536. The van der Waals surface area contributed by atoms with Crippen LogP contribution >= 0.6 is 11.6 Å². The topological polar surface area (TPSA) is 35.0 Å². The number of hydrogen-bond acceptors (Lipinski definition) is 3. The lowest BCUT2D eigenvalue weighted by Crippen LogP contribution is -1.95. The lowest BCUT2D eigenvalue weighted by Gasteiger charge is -2.04. The minimum atomic E-state index is 0.405. The van der Waals surface area contributed by atoms with Gasteiger partial charge >= 0.3 is 0 Å². The van der Waals surface area contributed by atoms with Gasteiger partial charge in [-0.3, -0.25) is 4.98 Å². The Kier molecular flexibility index (Phi) is 10.6. The summed E-state index contributed by atoms with van der Waals surface area (Å²) in [6.07, 6.45) is 9.63. The first-order chi connectivity index (χ1) is 9.96. The standard InChI is InChI=1S/C11H13ClN2O.C6H14/c1-4-9(5-6-15-3)11-8(2)14-10(12)7-13-11;1-4-5-6(2)3/h4-7H,1-3H3;6H,4-5H2,1-3H3/b6-5-,9-4-;. The molecule has 1 aromatic rings. The summed E-state index contributed by atoms with van der Waals surface area (Å²) >= 11 is 5.73. The molecule has 4 heteroatoms. The molecule has 0 saturated carbocycles. The Morgan fingerprint density at radius 2 is 2.10 bits per heavy atom. The third kappa shape index (κ3) is 8.51. The summed E-state index contributed by atoms with van der Waals surface area (Å²) in [6.45, 7) is 10.5. The highest BCUT2D eigenvalue weighted by molar-refractivity contribution is 6.29. The van der Waals surface area contributed by atoms with Gasteiger partial charge in [-0.15, -0.1) is 0 Å². The summed E-state index contributed by atoms with van der Waals surface area (Å²) in [6, 6.07) is 0. The van der Waals surface area contributed by atoms with Crippen LogP contribution in [-0.2, 0) is 4.74 Å². The number of ether oxygens (including phenoxy) is 1. The fraction of sp³-hybridized carbons (Fsp3) is 0.529. The highest BCUT2D eigenvalue weighted by Crippen LogP contribution is 2.17. The van der Waals surface area contributed by atoms with E-state index in [2.05, 4.69) is 30.7 Å². The molecule has 0 saturated heterocycles. The molecule has 0 bridgehead atoms. The number of aryl methyl sites for hydroxylation is 1. The molecule has 0 atom stereocenters. The predicted molar refractivity (Wildman–Crippen MR) is 91.3 cm³/mol. The normalized spacial score (nSPS) is 11.5. The van der Waals surface area contributed by atoms with Crippen molar-refractivity contribution in [3.05, 3.63) is 41.2 Å². The van der Waals surface area contributed by atoms with Crippen LogP contribution in [0.4, 0.5) is 0 Å². The van der Waals surface area contributed by atoms with Gasteiger partial charge in [0.15, 0.2) is 0 Å². The highest BCUT2D eigenvalue weighted by atomic mass is 35.5. The second-order valence-corrected chi connectivity index (χ2v) is 5.48. The number of methoxy groups -OCH3 is 1. The molecule has 0 N–H and O–H groups in total. The predicted octanol–water partition coefficient (Wildman–Crippen LogP) is 5.44. The van der Waals surface area contributed by atoms with Crippen molar-refractivity contribution in [3.63, 3.8) is 0 Å². The van der Waals surface area contributed by atoms with Gasteiger partial charge in [-0.2, -0.15) is 0 Å². The molecule has 0 spiro atoms. The van der Waals surface area contributed by atoms with Crippen LogP contribution in [0.15, 0.2) is 24.6 Å². The molecule has 0 unspecified atom stereocenters. The van der Waals surface area contributed by atoms with E-state index in [4.69, 9.17) is 16.3 Å². The Morgan fingerprint density at radius 1 is 1.43 bits per heavy atom. The van der Waals surface area contributed by atoms with Crippen molar-refractivity contribution in [3.8, 4) is 0 Å². The largest absolute Gasteiger partial charge is 0.504 e. The molecule has 3 nitrogen and oxygen atoms in total. The van der Waals surface area contributed by atoms with Crippen LogP contribution in [0, 0.1) is 12.8 Å². The molecule has 0 aliphatic carbocycles. The summed E-state index contributed by atoms with van der Waals surface area (Å²) in [5.74, 6) is 0.898. The summed E-state index contributed by atoms with van der Waals surface area (Å²) in [5.41, 5.74) is 2.57. The maximum atomic E-state index is 5.73. The van der Waals surface area contributed by atoms with Crippen molar-refractivity contribution in [1.82, 2.24) is 9.97 Å². The highest BCUT2D eigenvalue weighted by Gasteiger charge is 2.05. The molecule has 0 aromatic carbocycles. The fourth-order valence-electron chi connectivity index (χ4n) is 1.77. The molecular formula is C17H27ClN2O. The van der Waals surface area contributed by atoms with Crippen molar-refractivity contribution in [2.24, 2.45) is 5.92 Å². The van der Waals surface area contributed by atoms with Gasteiger partial charge in [0, 0.05) is 5.57 Å². The molecular weight excluding hydrogens is 284 g/mol. The zero-order valence-corrected chi connectivity index (χ0v) is 14.7. The maximum absolute atomic E-state index is 5.73. The molecule has 21 heavy (non-hydrogen) atoms. The van der Waals surface area contributed by atoms with E-state index in [1.54, 1.807) is 13.4 Å². The molecule has 0 aliphatic rings. The van der Waals surface area contributed by atoms with Crippen molar-refractivity contribution >= 4 is 17.2 Å². The fourth-order valence-corrected chi connectivity index (χ4v) is 1.94. The second-order valence-electron chi connectivity index (χ2n) is 5.09. The first kappa shape index (κ1) is 19.7. The third-order valence-corrected chi connectivity index (χ3v) is 2.93. The van der Waals surface area contributed by atoms with Crippen molar-refractivity contribution < 1.29 is 4.74 Å². The Labute approximate surface area is 134 Å². The van der Waals surface area contributed by atoms with E-state index in [1.807, 2.05) is 26.0 Å². The number of allylic oxidation sites excluding steroid dienone is 3. The van der Waals surface area contributed by atoms with Crippen LogP contribution in [-0.4, -0.2) is 17.1 Å². The van der Waals surface area contributed by atoms with Crippen LogP contribution in [0.2, 0.25) is 5.15 Å². The molecule has 1 rings (SSSR count). The van der Waals surface area contributed by atoms with E-state index in [9.17, 15) is 0 Å². The minimum Gasteiger partial charge on any atom is -0.504 e. The summed E-state index contributed by atoms with van der Waals surface area (Å²) in [7, 11) is 1.60. The third-order valence-electron chi connectivity index (χ3n) is 2.75. The minimum absolute atomic E-state index is 0.405. The maximum Gasteiger partial charge on any atom is 0.147 e. The average molecular weight is 311 g/mol. The number of nitrogens with zero attached hydrogens (tertiary/aromatic N) is 2. The van der Waals surface area contributed by atoms with Crippen LogP contribution < -0.4 is 0 Å². The second kappa shape index (κ2) is 11.3. The van der Waals surface area contributed by atoms with Crippen LogP contribution in [0.3, 0.4) is 0 Å². The zero-order chi connectivity index (χ0) is 16.3. The van der Waals surface area contributed by atoms with Crippen molar-refractivity contribution in [2.75, 3.05) is 7.11 Å². The van der Waals surface area contributed by atoms with Gasteiger partial charge in [-0.1, -0.05) is 51.3 Å². The summed E-state index contributed by atoms with van der Waals surface area (Å²) in [5, 5.41) is 0.405. The number of aromatic nitrogens is 2. The van der Waals surface area contributed by atoms with E-state index in [-0.39, 0.29) is 0 Å². The van der Waals surface area contributed by atoms with Gasteiger partial charge in [0.1, 0.15) is 5.15 Å². The summed E-state index contributed by atoms with van der Waals surface area (Å²) < 4.78 is 4.86. The number of hydrogen-bond donors (Lipinski definition) is 0. The van der Waals surface area contributed by atoms with Crippen LogP contribution in [0.5, 0.6) is 0 Å². The van der Waals surface area contributed by atoms with Gasteiger partial charge < -0.3 is 4.74 Å². The van der Waals surface area contributed by atoms with Crippen LogP contribution in [0.25, 0.3) is 5.57 Å². The lowest BCUT2D eigenvalue weighted by molar-refractivity contribution is 0.338. The molecule has 0 aliphatic heterocycles. The number of rotatable bonds is 5. The molecule has 1 aromatic heterocycles. The smallest absolute Gasteiger partial charge is 0.147 e. The van der Waals surface area contributed by atoms with Gasteiger partial charge in [-0.25, -0.2) is 4.98 Å². The van der Waals surface area contributed by atoms with Crippen LogP contribution in [0.1, 0.15) is 51.9 Å². The Balaban J connectivity index is 0.000000567. The first-order valence-electron chi connectivity index (χ1n) is 7.31. The molecule has 0 fully saturated rings. The Bertz CT molecular complexity index is 468. The van der Waals surface area contributed by atoms with Gasteiger partial charge in [0.2, 0.25) is 0 Å². The lowest BCUT2D eigenvalue weighted by atomic mass is 10.1. The van der Waals surface area contributed by atoms with E-state index in [0.29, 0.717) is 5.15 Å². The van der Waals surface area contributed by atoms with E-state index >= 15 is 0 Å². The molecule has 0 radical (unpaired) electrons. The average Bonchev–Trinajstić information content (AvgIpc) is 2.42. The molecule has 118 valence electrons. The molecule has 1 heterocycles.